The van der Waals surface area contributed by atoms with Crippen LogP contribution in [0.15, 0.2) is 158 Å². The van der Waals surface area contributed by atoms with E-state index in [-0.39, 0.29) is 26.5 Å². The zero-order valence-corrected chi connectivity index (χ0v) is 36.3. The number of aryl methyl sites for hydroxylation is 3. The molecule has 0 bridgehead atoms. The van der Waals surface area contributed by atoms with Crippen LogP contribution >= 0.6 is 0 Å². The monoisotopic (exact) mass is 954 g/mol. The molecule has 11 rings (SSSR count). The fourth-order valence-corrected chi connectivity index (χ4v) is 9.67. The summed E-state index contributed by atoms with van der Waals surface area (Å²) < 4.78 is 2.28. The molecule has 0 spiro atoms. The average Bonchev–Trinajstić information content (AvgIpc) is 3.83. The van der Waals surface area contributed by atoms with Gasteiger partial charge in [-0.3, -0.25) is 4.57 Å². The fourth-order valence-electron chi connectivity index (χ4n) is 9.67. The van der Waals surface area contributed by atoms with Crippen molar-refractivity contribution in [2.45, 2.75) is 40.0 Å². The third-order valence-corrected chi connectivity index (χ3v) is 12.3. The molecule has 292 valence electrons. The van der Waals surface area contributed by atoms with E-state index in [1.165, 1.54) is 33.4 Å². The number of aromatic nitrogens is 4. The number of hydrogen-bond donors (Lipinski definition) is 0. The molecule has 1 aliphatic rings. The number of benzene rings is 7. The molecule has 0 fully saturated rings. The number of para-hydroxylation sites is 5. The van der Waals surface area contributed by atoms with Gasteiger partial charge in [-0.15, -0.1) is 34.8 Å². The second kappa shape index (κ2) is 14.3. The van der Waals surface area contributed by atoms with Crippen LogP contribution in [0.5, 0.6) is 0 Å². The van der Waals surface area contributed by atoms with Gasteiger partial charge in [0.15, 0.2) is 0 Å². The summed E-state index contributed by atoms with van der Waals surface area (Å²) in [4.78, 5) is 18.1. The zero-order valence-electron chi connectivity index (χ0n) is 34.1. The molecule has 0 amide bonds. The number of imidazole rings is 1. The van der Waals surface area contributed by atoms with Crippen LogP contribution in [0, 0.1) is 26.8 Å². The zero-order chi connectivity index (χ0) is 40.0. The quantitative estimate of drug-likeness (QED) is 0.161. The van der Waals surface area contributed by atoms with Gasteiger partial charge in [0.25, 0.3) is 0 Å². The molecule has 7 aromatic carbocycles. The van der Waals surface area contributed by atoms with E-state index >= 15 is 0 Å². The van der Waals surface area contributed by atoms with Gasteiger partial charge in [-0.1, -0.05) is 134 Å². The Morgan fingerprint density at radius 3 is 2.20 bits per heavy atom. The van der Waals surface area contributed by atoms with Gasteiger partial charge in [0, 0.05) is 23.1 Å². The largest absolute Gasteiger partial charge is 2.00 e. The van der Waals surface area contributed by atoms with Gasteiger partial charge in [0.2, 0.25) is 0 Å². The smallest absolute Gasteiger partial charge is 0.656 e. The van der Waals surface area contributed by atoms with Crippen LogP contribution in [0.4, 0.5) is 17.2 Å². The number of fused-ring (bicyclic) bond motifs is 6. The summed E-state index contributed by atoms with van der Waals surface area (Å²) in [6, 6.07) is 57.9. The number of nitrogens with zero attached hydrogens (tertiary/aromatic N) is 5. The molecule has 5 nitrogen and oxygen atoms in total. The third-order valence-electron chi connectivity index (χ3n) is 12.3. The number of pyridine rings is 1. The molecule has 4 heterocycles. The Morgan fingerprint density at radius 1 is 0.650 bits per heavy atom. The van der Waals surface area contributed by atoms with Gasteiger partial charge in [0.1, 0.15) is 11.6 Å². The topological polar surface area (TPSA) is 48.1 Å². The molecule has 3 aromatic heterocycles. The van der Waals surface area contributed by atoms with Crippen molar-refractivity contribution in [3.8, 4) is 39.3 Å². The van der Waals surface area contributed by atoms with Crippen LogP contribution in [-0.2, 0) is 26.5 Å². The first-order valence-corrected chi connectivity index (χ1v) is 20.3. The van der Waals surface area contributed by atoms with E-state index in [1.54, 1.807) is 0 Å². The predicted octanol–water partition coefficient (Wildman–Crippen LogP) is 13.5. The average molecular weight is 955 g/mol. The Labute approximate surface area is 364 Å². The SMILES string of the molecule is Cc1cc(C)c(-c2ccnc(N3c4[c-]c(-c5cccc6c5nc(-c5cccc7c5[n-]c5ccccc57)n6-c5ccccc5)ccc4C(C)(C)c4ccccc43)c2)c(C)c1.[Pt+2]. The van der Waals surface area contributed by atoms with Crippen molar-refractivity contribution in [1.29, 1.82) is 0 Å². The first kappa shape index (κ1) is 37.7. The van der Waals surface area contributed by atoms with Crippen LogP contribution in [0.3, 0.4) is 0 Å². The maximum Gasteiger partial charge on any atom is 2.00 e. The fraction of sp³-hybridized carbons (Fsp3) is 0.111. The molecular formula is C54H41N5Pt. The van der Waals surface area contributed by atoms with Gasteiger partial charge in [0.05, 0.1) is 11.0 Å². The van der Waals surface area contributed by atoms with Crippen molar-refractivity contribution >= 4 is 50.0 Å². The molecule has 0 N–H and O–H groups in total. The standard InChI is InChI=1S/C54H41N5.Pt/c1-33-29-34(2)50(35(3)30-33)37-27-28-55-49(32-37)59-46-23-12-10-21-43(46)54(4,5)44-26-25-36(31-48(44)59)39-18-14-24-47-52(39)57-53(58(47)38-15-7-6-8-16-38)42-20-13-19-41-40-17-9-11-22-45(40)56-51(41)42;/h6-30,32H,1-5H3;/q-2;+2. The second-order valence-electron chi connectivity index (χ2n) is 16.4. The summed E-state index contributed by atoms with van der Waals surface area (Å²) in [7, 11) is 0. The van der Waals surface area contributed by atoms with Crippen LogP contribution in [0.2, 0.25) is 0 Å². The molecule has 60 heavy (non-hydrogen) atoms. The van der Waals surface area contributed by atoms with E-state index in [1.807, 2.05) is 12.3 Å². The van der Waals surface area contributed by atoms with Crippen molar-refractivity contribution in [2.75, 3.05) is 4.90 Å². The summed E-state index contributed by atoms with van der Waals surface area (Å²) in [5, 5.41) is 2.27. The van der Waals surface area contributed by atoms with E-state index in [0.29, 0.717) is 0 Å². The van der Waals surface area contributed by atoms with Crippen molar-refractivity contribution < 1.29 is 21.1 Å². The van der Waals surface area contributed by atoms with E-state index in [9.17, 15) is 0 Å². The summed E-state index contributed by atoms with van der Waals surface area (Å²) in [5.41, 5.74) is 18.3. The van der Waals surface area contributed by atoms with Gasteiger partial charge in [-0.25, -0.2) is 9.97 Å². The molecule has 0 radical (unpaired) electrons. The number of anilines is 3. The normalized spacial score (nSPS) is 13.1. The van der Waals surface area contributed by atoms with E-state index < -0.39 is 0 Å². The van der Waals surface area contributed by atoms with E-state index in [0.717, 1.165) is 83.8 Å². The molecule has 1 aliphatic heterocycles. The van der Waals surface area contributed by atoms with Crippen molar-refractivity contribution in [3.05, 3.63) is 192 Å². The maximum absolute atomic E-state index is 5.55. The molecule has 0 aliphatic carbocycles. The third kappa shape index (κ3) is 5.78. The second-order valence-corrected chi connectivity index (χ2v) is 16.4. The van der Waals surface area contributed by atoms with Crippen LogP contribution in [0.1, 0.15) is 41.7 Å². The molecule has 10 aromatic rings. The predicted molar refractivity (Wildman–Crippen MR) is 243 cm³/mol. The molecule has 0 saturated heterocycles. The minimum absolute atomic E-state index is 0. The summed E-state index contributed by atoms with van der Waals surface area (Å²) >= 11 is 0. The van der Waals surface area contributed by atoms with Gasteiger partial charge in [-0.05, 0) is 107 Å². The Bertz CT molecular complexity index is 3280. The van der Waals surface area contributed by atoms with Crippen LogP contribution in [0.25, 0.3) is 72.2 Å². The van der Waals surface area contributed by atoms with Gasteiger partial charge in [-0.2, -0.15) is 0 Å². The summed E-state index contributed by atoms with van der Waals surface area (Å²) in [6.45, 7) is 11.2. The first-order chi connectivity index (χ1) is 28.8. The van der Waals surface area contributed by atoms with Crippen molar-refractivity contribution in [3.63, 3.8) is 0 Å². The van der Waals surface area contributed by atoms with E-state index in [4.69, 9.17) is 15.0 Å². The first-order valence-electron chi connectivity index (χ1n) is 20.3. The Hall–Kier alpha value is -6.55. The van der Waals surface area contributed by atoms with Crippen LogP contribution in [-0.4, -0.2) is 14.5 Å². The molecule has 0 atom stereocenters. The Balaban J connectivity index is 0.00000433. The van der Waals surface area contributed by atoms with Crippen molar-refractivity contribution in [2.24, 2.45) is 0 Å². The Kier molecular flexibility index (Phi) is 9.00. The molecular weight excluding hydrogens is 914 g/mol. The molecule has 0 saturated carbocycles. The van der Waals surface area contributed by atoms with Crippen molar-refractivity contribution in [1.82, 2.24) is 19.5 Å². The Morgan fingerprint density at radius 2 is 1.37 bits per heavy atom. The van der Waals surface area contributed by atoms with E-state index in [2.05, 4.69) is 196 Å². The molecule has 6 heteroatoms. The molecule has 0 unspecified atom stereocenters. The minimum atomic E-state index is -0.276. The maximum atomic E-state index is 5.55. The number of hydrogen-bond acceptors (Lipinski definition) is 3. The van der Waals surface area contributed by atoms with Crippen LogP contribution < -0.4 is 9.88 Å². The summed E-state index contributed by atoms with van der Waals surface area (Å²) in [6.07, 6.45) is 1.94. The van der Waals surface area contributed by atoms with Gasteiger partial charge >= 0.3 is 21.1 Å². The minimum Gasteiger partial charge on any atom is -0.656 e. The van der Waals surface area contributed by atoms with Gasteiger partial charge < -0.3 is 9.88 Å². The number of rotatable bonds is 5. The summed E-state index contributed by atoms with van der Waals surface area (Å²) in [5.74, 6) is 1.71.